The van der Waals surface area contributed by atoms with Gasteiger partial charge in [-0.1, -0.05) is 19.9 Å². The lowest BCUT2D eigenvalue weighted by molar-refractivity contribution is 0.543. The molecule has 1 atom stereocenters. The van der Waals surface area contributed by atoms with Crippen molar-refractivity contribution in [2.24, 2.45) is 5.92 Å². The van der Waals surface area contributed by atoms with Crippen molar-refractivity contribution in [1.82, 2.24) is 9.55 Å². The predicted octanol–water partition coefficient (Wildman–Crippen LogP) is 3.69. The summed E-state index contributed by atoms with van der Waals surface area (Å²) in [5.74, 6) is 0.802. The number of nitrogens with one attached hydrogen (secondary N) is 1. The summed E-state index contributed by atoms with van der Waals surface area (Å²) in [7, 11) is 0. The van der Waals surface area contributed by atoms with Gasteiger partial charge in [0.2, 0.25) is 0 Å². The molecule has 0 radical (unpaired) electrons. The summed E-state index contributed by atoms with van der Waals surface area (Å²) >= 11 is 1.70. The summed E-state index contributed by atoms with van der Waals surface area (Å²) in [5, 5.41) is 5.36. The highest BCUT2D eigenvalue weighted by atomic mass is 32.1. The van der Waals surface area contributed by atoms with E-state index in [-0.39, 0.29) is 17.6 Å². The van der Waals surface area contributed by atoms with Crippen LogP contribution < -0.4 is 10.9 Å². The Morgan fingerprint density at radius 3 is 2.60 bits per heavy atom. The van der Waals surface area contributed by atoms with Crippen LogP contribution in [0.25, 0.3) is 0 Å². The number of hydrogen-bond donors (Lipinski definition) is 1. The second-order valence-electron chi connectivity index (χ2n) is 5.46. The van der Waals surface area contributed by atoms with E-state index in [0.29, 0.717) is 11.7 Å². The first-order chi connectivity index (χ1) is 9.50. The minimum atomic E-state index is -0.0651. The van der Waals surface area contributed by atoms with Crippen LogP contribution >= 0.6 is 11.3 Å². The summed E-state index contributed by atoms with van der Waals surface area (Å²) in [5.41, 5.74) is -0.0651. The van der Waals surface area contributed by atoms with Gasteiger partial charge in [-0.3, -0.25) is 4.79 Å². The molecule has 0 fully saturated rings. The van der Waals surface area contributed by atoms with E-state index < -0.39 is 0 Å². The molecule has 0 aliphatic heterocycles. The van der Waals surface area contributed by atoms with Crippen LogP contribution in [0.5, 0.6) is 0 Å². The van der Waals surface area contributed by atoms with Gasteiger partial charge in [0.1, 0.15) is 0 Å². The molecule has 20 heavy (non-hydrogen) atoms. The lowest BCUT2D eigenvalue weighted by Crippen LogP contribution is -2.28. The Morgan fingerprint density at radius 2 is 2.05 bits per heavy atom. The smallest absolute Gasteiger partial charge is 0.293 e. The summed E-state index contributed by atoms with van der Waals surface area (Å²) in [6, 6.07) is 4.36. The van der Waals surface area contributed by atoms with E-state index >= 15 is 0 Å². The normalized spacial score (nSPS) is 12.9. The molecule has 0 aliphatic rings. The molecular formula is C15H21N3OS. The molecule has 0 aromatic carbocycles. The van der Waals surface area contributed by atoms with Crippen LogP contribution in [0.15, 0.2) is 34.7 Å². The number of hydrogen-bond acceptors (Lipinski definition) is 4. The Balaban J connectivity index is 2.33. The molecule has 0 saturated heterocycles. The molecule has 1 unspecified atom stereocenters. The molecule has 1 N–H and O–H groups in total. The standard InChI is InChI=1S/C15H21N3OS/c1-10(2)13(12-6-5-9-20-12)17-14-15(19)18(11(3)4)8-7-16-14/h5-11,13H,1-4H3,(H,16,17). The fourth-order valence-corrected chi connectivity index (χ4v) is 3.06. The van der Waals surface area contributed by atoms with E-state index in [1.165, 1.54) is 4.88 Å². The maximum Gasteiger partial charge on any atom is 0.293 e. The van der Waals surface area contributed by atoms with Gasteiger partial charge >= 0.3 is 0 Å². The van der Waals surface area contributed by atoms with Crippen molar-refractivity contribution in [3.05, 3.63) is 45.1 Å². The van der Waals surface area contributed by atoms with Crippen LogP contribution in [-0.4, -0.2) is 9.55 Å². The number of thiophene rings is 1. The van der Waals surface area contributed by atoms with E-state index in [4.69, 9.17) is 0 Å². The first-order valence-electron chi connectivity index (χ1n) is 6.87. The molecule has 2 heterocycles. The minimum Gasteiger partial charge on any atom is -0.358 e. The number of rotatable bonds is 5. The second-order valence-corrected chi connectivity index (χ2v) is 6.44. The van der Waals surface area contributed by atoms with Crippen LogP contribution in [0.1, 0.15) is 44.7 Å². The Bertz CT molecular complexity index is 602. The molecule has 2 aromatic rings. The molecule has 2 rings (SSSR count). The van der Waals surface area contributed by atoms with Gasteiger partial charge in [-0.25, -0.2) is 4.98 Å². The third kappa shape index (κ3) is 3.10. The van der Waals surface area contributed by atoms with Crippen molar-refractivity contribution in [3.8, 4) is 0 Å². The first kappa shape index (κ1) is 14.8. The largest absolute Gasteiger partial charge is 0.358 e. The van der Waals surface area contributed by atoms with Crippen molar-refractivity contribution in [2.45, 2.75) is 39.8 Å². The summed E-state index contributed by atoms with van der Waals surface area (Å²) in [6.07, 6.45) is 3.41. The predicted molar refractivity (Wildman–Crippen MR) is 84.4 cm³/mol. The van der Waals surface area contributed by atoms with Crippen LogP contribution in [0.3, 0.4) is 0 Å². The minimum absolute atomic E-state index is 0.0651. The third-order valence-corrected chi connectivity index (χ3v) is 4.19. The molecule has 0 aliphatic carbocycles. The maximum absolute atomic E-state index is 12.4. The molecule has 0 bridgehead atoms. The number of nitrogens with zero attached hydrogens (tertiary/aromatic N) is 2. The van der Waals surface area contributed by atoms with Crippen molar-refractivity contribution in [2.75, 3.05) is 5.32 Å². The quantitative estimate of drug-likeness (QED) is 0.913. The Kier molecular flexibility index (Phi) is 4.60. The van der Waals surface area contributed by atoms with Gasteiger partial charge in [-0.2, -0.15) is 0 Å². The number of aromatic nitrogens is 2. The monoisotopic (exact) mass is 291 g/mol. The van der Waals surface area contributed by atoms with Gasteiger partial charge in [0, 0.05) is 23.3 Å². The van der Waals surface area contributed by atoms with E-state index in [1.807, 2.05) is 19.9 Å². The molecule has 5 heteroatoms. The SMILES string of the molecule is CC(C)C(Nc1nccn(C(C)C)c1=O)c1cccs1. The molecule has 0 saturated carbocycles. The fourth-order valence-electron chi connectivity index (χ4n) is 2.11. The number of anilines is 1. The Morgan fingerprint density at radius 1 is 1.30 bits per heavy atom. The fraction of sp³-hybridized carbons (Fsp3) is 0.467. The van der Waals surface area contributed by atoms with Crippen LogP contribution in [-0.2, 0) is 0 Å². The first-order valence-corrected chi connectivity index (χ1v) is 7.75. The van der Waals surface area contributed by atoms with Crippen LogP contribution in [0, 0.1) is 5.92 Å². The Hall–Kier alpha value is -1.62. The van der Waals surface area contributed by atoms with E-state index in [0.717, 1.165) is 0 Å². The van der Waals surface area contributed by atoms with Crippen molar-refractivity contribution in [3.63, 3.8) is 0 Å². The summed E-state index contributed by atoms with van der Waals surface area (Å²) in [4.78, 5) is 17.8. The highest BCUT2D eigenvalue weighted by Gasteiger charge is 2.19. The maximum atomic E-state index is 12.4. The zero-order valence-corrected chi connectivity index (χ0v) is 13.1. The van der Waals surface area contributed by atoms with Crippen molar-refractivity contribution < 1.29 is 0 Å². The van der Waals surface area contributed by atoms with Crippen LogP contribution in [0.4, 0.5) is 5.82 Å². The van der Waals surface area contributed by atoms with Gasteiger partial charge in [0.25, 0.3) is 5.56 Å². The zero-order valence-electron chi connectivity index (χ0n) is 12.3. The summed E-state index contributed by atoms with van der Waals surface area (Å²) in [6.45, 7) is 8.26. The lowest BCUT2D eigenvalue weighted by atomic mass is 10.0. The molecule has 0 amide bonds. The molecule has 0 spiro atoms. The van der Waals surface area contributed by atoms with Gasteiger partial charge in [0.15, 0.2) is 5.82 Å². The van der Waals surface area contributed by atoms with E-state index in [2.05, 4.69) is 35.6 Å². The average molecular weight is 291 g/mol. The highest BCUT2D eigenvalue weighted by Crippen LogP contribution is 2.28. The Labute approximate surface area is 123 Å². The average Bonchev–Trinajstić information content (AvgIpc) is 2.90. The third-order valence-electron chi connectivity index (χ3n) is 3.23. The molecular weight excluding hydrogens is 270 g/mol. The molecule has 2 aromatic heterocycles. The second kappa shape index (κ2) is 6.22. The van der Waals surface area contributed by atoms with Crippen molar-refractivity contribution >= 4 is 17.2 Å². The zero-order chi connectivity index (χ0) is 14.7. The van der Waals surface area contributed by atoms with E-state index in [9.17, 15) is 4.79 Å². The topological polar surface area (TPSA) is 46.9 Å². The highest BCUT2D eigenvalue weighted by molar-refractivity contribution is 7.10. The summed E-state index contributed by atoms with van der Waals surface area (Å²) < 4.78 is 1.70. The molecule has 4 nitrogen and oxygen atoms in total. The van der Waals surface area contributed by atoms with E-state index in [1.54, 1.807) is 28.3 Å². The van der Waals surface area contributed by atoms with Gasteiger partial charge < -0.3 is 9.88 Å². The van der Waals surface area contributed by atoms with Gasteiger partial charge in [0.05, 0.1) is 6.04 Å². The van der Waals surface area contributed by atoms with Crippen molar-refractivity contribution in [1.29, 1.82) is 0 Å². The van der Waals surface area contributed by atoms with Crippen LogP contribution in [0.2, 0.25) is 0 Å². The lowest BCUT2D eigenvalue weighted by Gasteiger charge is -2.22. The van der Waals surface area contributed by atoms with Gasteiger partial charge in [-0.15, -0.1) is 11.3 Å². The molecule has 108 valence electrons. The van der Waals surface area contributed by atoms with Gasteiger partial charge in [-0.05, 0) is 31.2 Å².